The second kappa shape index (κ2) is 8.95. The van der Waals surface area contributed by atoms with Crippen molar-refractivity contribution in [2.75, 3.05) is 0 Å². The molecule has 0 saturated carbocycles. The van der Waals surface area contributed by atoms with Crippen molar-refractivity contribution in [3.63, 3.8) is 0 Å². The van der Waals surface area contributed by atoms with Crippen LogP contribution in [-0.2, 0) is 11.4 Å². The second-order valence-electron chi connectivity index (χ2n) is 6.56. The van der Waals surface area contributed by atoms with Crippen LogP contribution in [-0.4, -0.2) is 25.7 Å². The summed E-state index contributed by atoms with van der Waals surface area (Å²) in [6.07, 6.45) is 6.66. The maximum Gasteiger partial charge on any atom is 0.391 e. The smallest absolute Gasteiger partial charge is 0.391 e. The van der Waals surface area contributed by atoms with Crippen molar-refractivity contribution in [1.82, 2.24) is 19.7 Å². The molecule has 0 radical (unpaired) electrons. The minimum absolute atomic E-state index is 0.131. The van der Waals surface area contributed by atoms with Gasteiger partial charge in [0.2, 0.25) is 0 Å². The van der Waals surface area contributed by atoms with E-state index in [0.29, 0.717) is 16.9 Å². The molecule has 9 nitrogen and oxygen atoms in total. The van der Waals surface area contributed by atoms with E-state index in [1.165, 1.54) is 6.20 Å². The second-order valence-corrected chi connectivity index (χ2v) is 6.56. The number of ether oxygens (including phenoxy) is 1. The molecular formula is C22H17N5O4. The minimum Gasteiger partial charge on any atom is -0.486 e. The van der Waals surface area contributed by atoms with Crippen LogP contribution in [0.2, 0.25) is 0 Å². The fraction of sp³-hybridized carbons (Fsp3) is 0.0909. The number of carbonyl (C=O) groups excluding carboxylic acids is 1. The summed E-state index contributed by atoms with van der Waals surface area (Å²) in [6.45, 7) is 2.00. The summed E-state index contributed by atoms with van der Waals surface area (Å²) in [6, 6.07) is 15.0. The van der Waals surface area contributed by atoms with Crippen LogP contribution in [0.25, 0.3) is 16.9 Å². The average molecular weight is 415 g/mol. The van der Waals surface area contributed by atoms with Crippen LogP contribution in [0.5, 0.6) is 5.75 Å². The molecule has 0 aliphatic carbocycles. The molecule has 4 rings (SSSR count). The van der Waals surface area contributed by atoms with Gasteiger partial charge in [-0.1, -0.05) is 36.4 Å². The lowest BCUT2D eigenvalue weighted by Gasteiger charge is -2.14. The van der Waals surface area contributed by atoms with Crippen LogP contribution >= 0.6 is 0 Å². The van der Waals surface area contributed by atoms with E-state index in [2.05, 4.69) is 25.2 Å². The van der Waals surface area contributed by atoms with Crippen molar-refractivity contribution in [2.45, 2.75) is 13.5 Å². The summed E-state index contributed by atoms with van der Waals surface area (Å²) < 4.78 is 7.57. The summed E-state index contributed by atoms with van der Waals surface area (Å²) in [7, 11) is 0. The van der Waals surface area contributed by atoms with Crippen LogP contribution < -0.4 is 4.74 Å². The summed E-state index contributed by atoms with van der Waals surface area (Å²) in [5, 5.41) is 6.55. The van der Waals surface area contributed by atoms with Crippen LogP contribution in [0.1, 0.15) is 21.6 Å². The summed E-state index contributed by atoms with van der Waals surface area (Å²) in [5.41, 5.74) is 2.89. The zero-order chi connectivity index (χ0) is 21.6. The van der Waals surface area contributed by atoms with Gasteiger partial charge in [-0.3, -0.25) is 4.84 Å². The zero-order valence-corrected chi connectivity index (χ0v) is 16.5. The van der Waals surface area contributed by atoms with Crippen LogP contribution in [0.4, 0.5) is 0 Å². The topological polar surface area (TPSA) is 109 Å². The van der Waals surface area contributed by atoms with Gasteiger partial charge in [-0.25, -0.2) is 19.4 Å². The maximum absolute atomic E-state index is 12.2. The lowest BCUT2D eigenvalue weighted by Crippen LogP contribution is -2.10. The van der Waals surface area contributed by atoms with Gasteiger partial charge in [0, 0.05) is 35.3 Å². The SMILES string of the molecule is Cc1c(-c2cnn(-c3ccccn3)c2)cnc(C(=O)ON=O)c1OCc1ccccc1. The predicted octanol–water partition coefficient (Wildman–Crippen LogP) is 4.05. The van der Waals surface area contributed by atoms with E-state index < -0.39 is 5.97 Å². The van der Waals surface area contributed by atoms with E-state index in [0.717, 1.165) is 11.1 Å². The third-order valence-electron chi connectivity index (χ3n) is 4.60. The number of hydrogen-bond donors (Lipinski definition) is 0. The molecule has 0 fully saturated rings. The van der Waals surface area contributed by atoms with Gasteiger partial charge < -0.3 is 4.74 Å². The Kier molecular flexibility index (Phi) is 5.75. The lowest BCUT2D eigenvalue weighted by atomic mass is 10.0. The number of carbonyl (C=O) groups is 1. The molecule has 0 atom stereocenters. The summed E-state index contributed by atoms with van der Waals surface area (Å²) in [5.74, 6) is -0.116. The van der Waals surface area contributed by atoms with Gasteiger partial charge in [-0.15, -0.1) is 4.91 Å². The van der Waals surface area contributed by atoms with E-state index in [1.54, 1.807) is 30.2 Å². The lowest BCUT2D eigenvalue weighted by molar-refractivity contribution is 0.0495. The number of rotatable bonds is 7. The number of pyridine rings is 2. The highest BCUT2D eigenvalue weighted by Crippen LogP contribution is 2.33. The Morgan fingerprint density at radius 3 is 2.61 bits per heavy atom. The third-order valence-corrected chi connectivity index (χ3v) is 4.60. The van der Waals surface area contributed by atoms with E-state index in [1.807, 2.05) is 48.5 Å². The van der Waals surface area contributed by atoms with Crippen molar-refractivity contribution >= 4 is 5.97 Å². The first-order valence-electron chi connectivity index (χ1n) is 9.34. The number of benzene rings is 1. The van der Waals surface area contributed by atoms with Crippen molar-refractivity contribution in [2.24, 2.45) is 5.34 Å². The molecule has 0 spiro atoms. The van der Waals surface area contributed by atoms with Crippen LogP contribution in [0.15, 0.2) is 78.7 Å². The molecule has 31 heavy (non-hydrogen) atoms. The molecule has 1 aromatic carbocycles. The molecule has 0 amide bonds. The quantitative estimate of drug-likeness (QED) is 0.331. The van der Waals surface area contributed by atoms with Crippen molar-refractivity contribution in [3.05, 3.63) is 95.0 Å². The zero-order valence-electron chi connectivity index (χ0n) is 16.5. The van der Waals surface area contributed by atoms with E-state index >= 15 is 0 Å². The number of hydrogen-bond acceptors (Lipinski definition) is 8. The molecule has 0 N–H and O–H groups in total. The minimum atomic E-state index is -0.989. The van der Waals surface area contributed by atoms with Gasteiger partial charge in [0.1, 0.15) is 6.61 Å². The Bertz CT molecular complexity index is 1210. The normalized spacial score (nSPS) is 10.5. The molecule has 4 aromatic rings. The van der Waals surface area contributed by atoms with Gasteiger partial charge in [-0.05, 0) is 24.6 Å². The summed E-state index contributed by atoms with van der Waals surface area (Å²) >= 11 is 0. The Labute approximate surface area is 177 Å². The molecular weight excluding hydrogens is 398 g/mol. The molecule has 0 saturated heterocycles. The van der Waals surface area contributed by atoms with Crippen LogP contribution in [0.3, 0.4) is 0 Å². The van der Waals surface area contributed by atoms with Gasteiger partial charge in [0.15, 0.2) is 22.6 Å². The Morgan fingerprint density at radius 1 is 1.06 bits per heavy atom. The third kappa shape index (κ3) is 4.30. The number of aromatic nitrogens is 4. The fourth-order valence-electron chi connectivity index (χ4n) is 3.08. The largest absolute Gasteiger partial charge is 0.486 e. The van der Waals surface area contributed by atoms with Gasteiger partial charge in [0.05, 0.1) is 6.20 Å². The highest BCUT2D eigenvalue weighted by atomic mass is 16.7. The molecule has 0 bridgehead atoms. The molecule has 3 aromatic heterocycles. The Morgan fingerprint density at radius 2 is 1.87 bits per heavy atom. The predicted molar refractivity (Wildman–Crippen MR) is 111 cm³/mol. The molecule has 0 unspecified atom stereocenters. The first-order chi connectivity index (χ1) is 15.2. The number of nitrogens with zero attached hydrogens (tertiary/aromatic N) is 5. The van der Waals surface area contributed by atoms with Gasteiger partial charge in [-0.2, -0.15) is 5.10 Å². The van der Waals surface area contributed by atoms with Crippen molar-refractivity contribution < 1.29 is 14.4 Å². The van der Waals surface area contributed by atoms with Crippen LogP contribution in [0, 0.1) is 11.8 Å². The first-order valence-corrected chi connectivity index (χ1v) is 9.34. The summed E-state index contributed by atoms with van der Waals surface area (Å²) in [4.78, 5) is 35.3. The average Bonchev–Trinajstić information content (AvgIpc) is 3.29. The highest BCUT2D eigenvalue weighted by Gasteiger charge is 2.22. The van der Waals surface area contributed by atoms with E-state index in [9.17, 15) is 9.70 Å². The van der Waals surface area contributed by atoms with Crippen molar-refractivity contribution in [1.29, 1.82) is 0 Å². The van der Waals surface area contributed by atoms with E-state index in [4.69, 9.17) is 4.74 Å². The molecule has 0 aliphatic heterocycles. The van der Waals surface area contributed by atoms with Gasteiger partial charge in [0.25, 0.3) is 0 Å². The maximum atomic E-state index is 12.2. The molecule has 3 heterocycles. The highest BCUT2D eigenvalue weighted by molar-refractivity contribution is 5.92. The standard InChI is InChI=1S/C22H17N5O4/c1-15-18(17-11-25-27(13-17)19-9-5-6-10-23-19)12-24-20(22(28)31-26-29)21(15)30-14-16-7-3-2-4-8-16/h2-13H,14H2,1H3. The monoisotopic (exact) mass is 415 g/mol. The molecule has 154 valence electrons. The Balaban J connectivity index is 1.71. The molecule has 0 aliphatic rings. The van der Waals surface area contributed by atoms with E-state index in [-0.39, 0.29) is 18.1 Å². The Hall–Kier alpha value is -4.40. The van der Waals surface area contributed by atoms with Crippen molar-refractivity contribution in [3.8, 4) is 22.7 Å². The fourth-order valence-corrected chi connectivity index (χ4v) is 3.08. The first kappa shape index (κ1) is 19.9. The molecule has 9 heteroatoms. The van der Waals surface area contributed by atoms with Gasteiger partial charge >= 0.3 is 5.97 Å².